The highest BCUT2D eigenvalue weighted by molar-refractivity contribution is 5.94. The van der Waals surface area contributed by atoms with Crippen molar-refractivity contribution in [2.75, 3.05) is 6.54 Å². The maximum atomic E-state index is 12.2. The highest BCUT2D eigenvalue weighted by Crippen LogP contribution is 2.38. The summed E-state index contributed by atoms with van der Waals surface area (Å²) < 4.78 is 2.14. The van der Waals surface area contributed by atoms with Crippen molar-refractivity contribution in [3.63, 3.8) is 0 Å². The van der Waals surface area contributed by atoms with E-state index < -0.39 is 0 Å². The topological polar surface area (TPSA) is 32.1 Å². The minimum absolute atomic E-state index is 0.0153. The standard InChI is InChI=1S/C17H24N2O/c1-12-17(5,6)13-9-7-8-10-14(13)19(12)11-15(20)18-16(2,3)4/h7-10H,11H2,1-6H3/p+1. The van der Waals surface area contributed by atoms with Crippen molar-refractivity contribution < 1.29 is 9.37 Å². The number of carbonyl (C=O) groups is 1. The lowest BCUT2D eigenvalue weighted by Crippen LogP contribution is -2.44. The predicted octanol–water partition coefficient (Wildman–Crippen LogP) is 3.00. The Balaban J connectivity index is 2.33. The molecule has 0 aromatic heterocycles. The van der Waals surface area contributed by atoms with Crippen LogP contribution in [0.5, 0.6) is 0 Å². The van der Waals surface area contributed by atoms with Crippen molar-refractivity contribution in [3.8, 4) is 0 Å². The van der Waals surface area contributed by atoms with Crippen LogP contribution in [0.4, 0.5) is 5.69 Å². The summed E-state index contributed by atoms with van der Waals surface area (Å²) in [5, 5.41) is 3.03. The Morgan fingerprint density at radius 3 is 2.45 bits per heavy atom. The predicted molar refractivity (Wildman–Crippen MR) is 82.8 cm³/mol. The van der Waals surface area contributed by atoms with Crippen LogP contribution in [0.1, 0.15) is 47.1 Å². The summed E-state index contributed by atoms with van der Waals surface area (Å²) in [5.74, 6) is 0.0596. The van der Waals surface area contributed by atoms with Crippen molar-refractivity contribution in [2.24, 2.45) is 0 Å². The third-order valence-corrected chi connectivity index (χ3v) is 3.99. The van der Waals surface area contributed by atoms with Gasteiger partial charge in [0.15, 0.2) is 5.71 Å². The lowest BCUT2D eigenvalue weighted by Gasteiger charge is -2.19. The van der Waals surface area contributed by atoms with Crippen LogP contribution in [-0.4, -0.2) is 28.3 Å². The van der Waals surface area contributed by atoms with E-state index in [2.05, 4.69) is 48.9 Å². The number of fused-ring (bicyclic) bond motifs is 1. The molecule has 0 bridgehead atoms. The Labute approximate surface area is 121 Å². The second-order valence-electron chi connectivity index (χ2n) is 7.11. The van der Waals surface area contributed by atoms with Gasteiger partial charge in [0.05, 0.1) is 5.41 Å². The second kappa shape index (κ2) is 4.72. The summed E-state index contributed by atoms with van der Waals surface area (Å²) in [4.78, 5) is 12.2. The summed E-state index contributed by atoms with van der Waals surface area (Å²) in [6.07, 6.45) is 0. The van der Waals surface area contributed by atoms with Crippen LogP contribution < -0.4 is 5.32 Å². The Morgan fingerprint density at radius 1 is 1.25 bits per heavy atom. The van der Waals surface area contributed by atoms with Gasteiger partial charge in [-0.15, -0.1) is 0 Å². The Bertz CT molecular complexity index is 577. The van der Waals surface area contributed by atoms with Crippen LogP contribution in [0.25, 0.3) is 0 Å². The molecule has 0 unspecified atom stereocenters. The second-order valence-corrected chi connectivity index (χ2v) is 7.11. The molecule has 3 heteroatoms. The fourth-order valence-corrected chi connectivity index (χ4v) is 2.76. The van der Waals surface area contributed by atoms with E-state index in [0.717, 1.165) is 5.69 Å². The summed E-state index contributed by atoms with van der Waals surface area (Å²) in [7, 11) is 0. The van der Waals surface area contributed by atoms with E-state index in [-0.39, 0.29) is 16.9 Å². The number of amides is 1. The molecular formula is C17H25N2O+. The zero-order valence-electron chi connectivity index (χ0n) is 13.4. The van der Waals surface area contributed by atoms with Crippen molar-refractivity contribution >= 4 is 17.3 Å². The normalized spacial score (nSPS) is 17.1. The van der Waals surface area contributed by atoms with Crippen molar-refractivity contribution in [2.45, 2.75) is 52.5 Å². The average molecular weight is 273 g/mol. The van der Waals surface area contributed by atoms with E-state index in [0.29, 0.717) is 6.54 Å². The van der Waals surface area contributed by atoms with Crippen LogP contribution in [-0.2, 0) is 10.2 Å². The van der Waals surface area contributed by atoms with Crippen LogP contribution in [0.3, 0.4) is 0 Å². The lowest BCUT2D eigenvalue weighted by atomic mass is 9.82. The van der Waals surface area contributed by atoms with E-state index in [4.69, 9.17) is 0 Å². The molecule has 0 radical (unpaired) electrons. The molecule has 0 spiro atoms. The van der Waals surface area contributed by atoms with Gasteiger partial charge in [0.25, 0.3) is 5.91 Å². The molecule has 20 heavy (non-hydrogen) atoms. The number of para-hydroxylation sites is 1. The number of benzene rings is 1. The molecule has 1 aromatic rings. The summed E-state index contributed by atoms with van der Waals surface area (Å²) in [5.41, 5.74) is 3.46. The quantitative estimate of drug-likeness (QED) is 0.825. The molecule has 0 atom stereocenters. The molecule has 108 valence electrons. The molecule has 1 N–H and O–H groups in total. The minimum atomic E-state index is -0.195. The van der Waals surface area contributed by atoms with Gasteiger partial charge in [-0.3, -0.25) is 4.79 Å². The van der Waals surface area contributed by atoms with Gasteiger partial charge in [-0.2, -0.15) is 4.58 Å². The number of carbonyl (C=O) groups excluding carboxylic acids is 1. The summed E-state index contributed by atoms with van der Waals surface area (Å²) in [6.45, 7) is 12.9. The molecule has 2 rings (SSSR count). The van der Waals surface area contributed by atoms with Gasteiger partial charge in [-0.1, -0.05) is 18.2 Å². The summed E-state index contributed by atoms with van der Waals surface area (Å²) >= 11 is 0. The first-order valence-corrected chi connectivity index (χ1v) is 7.15. The largest absolute Gasteiger partial charge is 0.346 e. The fraction of sp³-hybridized carbons (Fsp3) is 0.529. The van der Waals surface area contributed by atoms with Gasteiger partial charge in [0.2, 0.25) is 12.2 Å². The number of hydrogen-bond acceptors (Lipinski definition) is 1. The highest BCUT2D eigenvalue weighted by Gasteiger charge is 2.43. The van der Waals surface area contributed by atoms with Crippen molar-refractivity contribution in [1.82, 2.24) is 5.32 Å². The van der Waals surface area contributed by atoms with E-state index in [1.807, 2.05) is 26.8 Å². The zero-order chi connectivity index (χ0) is 15.1. The van der Waals surface area contributed by atoms with Gasteiger partial charge in [0, 0.05) is 24.1 Å². The lowest BCUT2D eigenvalue weighted by molar-refractivity contribution is -0.426. The average Bonchev–Trinajstić information content (AvgIpc) is 2.49. The molecule has 3 nitrogen and oxygen atoms in total. The first kappa shape index (κ1) is 14.8. The molecule has 1 aliphatic heterocycles. The molecule has 1 aliphatic rings. The molecule has 0 aliphatic carbocycles. The molecule has 1 aromatic carbocycles. The zero-order valence-corrected chi connectivity index (χ0v) is 13.4. The minimum Gasteiger partial charge on any atom is -0.346 e. The Kier molecular flexibility index (Phi) is 3.49. The van der Waals surface area contributed by atoms with Gasteiger partial charge in [-0.25, -0.2) is 0 Å². The van der Waals surface area contributed by atoms with E-state index in [1.54, 1.807) is 0 Å². The number of rotatable bonds is 2. The first-order chi connectivity index (χ1) is 9.13. The third-order valence-electron chi connectivity index (χ3n) is 3.99. The molecule has 1 heterocycles. The maximum absolute atomic E-state index is 12.2. The SMILES string of the molecule is CC1=[N+](CC(=O)NC(C)(C)C)c2ccccc2C1(C)C. The van der Waals surface area contributed by atoms with Crippen molar-refractivity contribution in [3.05, 3.63) is 29.8 Å². The van der Waals surface area contributed by atoms with Crippen LogP contribution in [0, 0.1) is 0 Å². The summed E-state index contributed by atoms with van der Waals surface area (Å²) in [6, 6.07) is 8.34. The van der Waals surface area contributed by atoms with Gasteiger partial charge in [0.1, 0.15) is 0 Å². The van der Waals surface area contributed by atoms with Crippen LogP contribution in [0.2, 0.25) is 0 Å². The third kappa shape index (κ3) is 2.62. The maximum Gasteiger partial charge on any atom is 0.286 e. The fourth-order valence-electron chi connectivity index (χ4n) is 2.76. The Hall–Kier alpha value is -1.64. The van der Waals surface area contributed by atoms with E-state index >= 15 is 0 Å². The van der Waals surface area contributed by atoms with Gasteiger partial charge < -0.3 is 5.32 Å². The van der Waals surface area contributed by atoms with Gasteiger partial charge >= 0.3 is 0 Å². The molecule has 0 fully saturated rings. The van der Waals surface area contributed by atoms with E-state index in [1.165, 1.54) is 11.3 Å². The Morgan fingerprint density at radius 2 is 1.85 bits per heavy atom. The molecular weight excluding hydrogens is 248 g/mol. The number of hydrogen-bond donors (Lipinski definition) is 1. The molecule has 1 amide bonds. The number of nitrogens with one attached hydrogen (secondary N) is 1. The molecule has 0 saturated heterocycles. The first-order valence-electron chi connectivity index (χ1n) is 7.15. The van der Waals surface area contributed by atoms with E-state index in [9.17, 15) is 4.79 Å². The van der Waals surface area contributed by atoms with Gasteiger partial charge in [-0.05, 0) is 34.6 Å². The monoisotopic (exact) mass is 273 g/mol. The van der Waals surface area contributed by atoms with Crippen LogP contribution >= 0.6 is 0 Å². The smallest absolute Gasteiger partial charge is 0.286 e. The molecule has 0 saturated carbocycles. The highest BCUT2D eigenvalue weighted by atomic mass is 16.2. The number of nitrogens with zero attached hydrogens (tertiary/aromatic N) is 1. The van der Waals surface area contributed by atoms with Crippen LogP contribution in [0.15, 0.2) is 24.3 Å². The van der Waals surface area contributed by atoms with Crippen molar-refractivity contribution in [1.29, 1.82) is 0 Å².